The van der Waals surface area contributed by atoms with Crippen molar-refractivity contribution in [1.29, 1.82) is 0 Å². The molecule has 0 aliphatic rings. The first kappa shape index (κ1) is 14.8. The van der Waals surface area contributed by atoms with Crippen LogP contribution < -0.4 is 5.32 Å². The van der Waals surface area contributed by atoms with Crippen molar-refractivity contribution >= 4 is 17.5 Å². The lowest BCUT2D eigenvalue weighted by Crippen LogP contribution is -2.33. The van der Waals surface area contributed by atoms with Crippen LogP contribution in [0, 0.1) is 11.8 Å². The van der Waals surface area contributed by atoms with E-state index in [9.17, 15) is 4.79 Å². The largest absolute Gasteiger partial charge is 0.356 e. The summed E-state index contributed by atoms with van der Waals surface area (Å²) in [6.07, 6.45) is 4.82. The first-order valence-corrected chi connectivity index (χ1v) is 6.52. The van der Waals surface area contributed by atoms with Gasteiger partial charge in [-0.3, -0.25) is 4.79 Å². The molecule has 0 heterocycles. The summed E-state index contributed by atoms with van der Waals surface area (Å²) in [4.78, 5) is 11.5. The van der Waals surface area contributed by atoms with Crippen LogP contribution in [-0.4, -0.2) is 18.3 Å². The Morgan fingerprint density at radius 1 is 1.40 bits per heavy atom. The molecule has 3 heteroatoms. The maximum atomic E-state index is 11.5. The van der Waals surface area contributed by atoms with Gasteiger partial charge < -0.3 is 5.32 Å². The van der Waals surface area contributed by atoms with E-state index in [1.54, 1.807) is 0 Å². The lowest BCUT2D eigenvalue weighted by molar-refractivity contribution is -0.124. The Hall–Kier alpha value is -0.240. The molecule has 0 saturated heterocycles. The number of hydrogen-bond donors (Lipinski definition) is 1. The monoisotopic (exact) mass is 233 g/mol. The Labute approximate surface area is 98.8 Å². The van der Waals surface area contributed by atoms with Gasteiger partial charge in [-0.1, -0.05) is 40.0 Å². The number of hydrogen-bond acceptors (Lipinski definition) is 1. The summed E-state index contributed by atoms with van der Waals surface area (Å²) >= 11 is 5.62. The smallest absolute Gasteiger partial charge is 0.224 e. The SMILES string of the molecule is CCCCC(CC)CNC(=O)C(C)CCl. The second-order valence-electron chi connectivity index (χ2n) is 4.22. The van der Waals surface area contributed by atoms with Crippen LogP contribution in [0.4, 0.5) is 0 Å². The zero-order valence-corrected chi connectivity index (χ0v) is 10.9. The third kappa shape index (κ3) is 6.77. The lowest BCUT2D eigenvalue weighted by atomic mass is 9.99. The van der Waals surface area contributed by atoms with Gasteiger partial charge in [0.15, 0.2) is 0 Å². The summed E-state index contributed by atoms with van der Waals surface area (Å²) in [6, 6.07) is 0. The van der Waals surface area contributed by atoms with Crippen molar-refractivity contribution in [3.05, 3.63) is 0 Å². The highest BCUT2D eigenvalue weighted by atomic mass is 35.5. The minimum absolute atomic E-state index is 0.0738. The average molecular weight is 234 g/mol. The highest BCUT2D eigenvalue weighted by Gasteiger charge is 2.13. The molecule has 0 aromatic carbocycles. The highest BCUT2D eigenvalue weighted by Crippen LogP contribution is 2.11. The van der Waals surface area contributed by atoms with Gasteiger partial charge in [0.05, 0.1) is 0 Å². The fourth-order valence-corrected chi connectivity index (χ4v) is 1.57. The van der Waals surface area contributed by atoms with Crippen molar-refractivity contribution in [2.75, 3.05) is 12.4 Å². The Balaban J connectivity index is 3.74. The molecular formula is C12H24ClNO. The minimum atomic E-state index is -0.0738. The van der Waals surface area contributed by atoms with Crippen molar-refractivity contribution in [3.63, 3.8) is 0 Å². The summed E-state index contributed by atoms with van der Waals surface area (Å²) in [5.41, 5.74) is 0. The van der Waals surface area contributed by atoms with E-state index in [0.29, 0.717) is 11.8 Å². The van der Waals surface area contributed by atoms with Crippen molar-refractivity contribution < 1.29 is 4.79 Å². The van der Waals surface area contributed by atoms with Crippen molar-refractivity contribution in [2.45, 2.75) is 46.5 Å². The molecule has 0 fully saturated rings. The molecule has 90 valence electrons. The molecule has 1 amide bonds. The number of amides is 1. The number of unbranched alkanes of at least 4 members (excludes halogenated alkanes) is 1. The molecule has 0 radical (unpaired) electrons. The second-order valence-corrected chi connectivity index (χ2v) is 4.53. The van der Waals surface area contributed by atoms with Gasteiger partial charge in [0.25, 0.3) is 0 Å². The van der Waals surface area contributed by atoms with Crippen LogP contribution in [0.2, 0.25) is 0 Å². The van der Waals surface area contributed by atoms with Crippen molar-refractivity contribution in [1.82, 2.24) is 5.32 Å². The standard InChI is InChI=1S/C12H24ClNO/c1-4-6-7-11(5-2)9-14-12(15)10(3)8-13/h10-11H,4-9H2,1-3H3,(H,14,15). The van der Waals surface area contributed by atoms with Crippen molar-refractivity contribution in [3.8, 4) is 0 Å². The van der Waals surface area contributed by atoms with Gasteiger partial charge in [-0.25, -0.2) is 0 Å². The summed E-state index contributed by atoms with van der Waals surface area (Å²) in [6.45, 7) is 7.03. The second kappa shape index (κ2) is 9.02. The Morgan fingerprint density at radius 3 is 2.53 bits per heavy atom. The topological polar surface area (TPSA) is 29.1 Å². The van der Waals surface area contributed by atoms with Gasteiger partial charge in [0.1, 0.15) is 0 Å². The molecule has 2 nitrogen and oxygen atoms in total. The van der Waals surface area contributed by atoms with Crippen LogP contribution in [0.5, 0.6) is 0 Å². The summed E-state index contributed by atoms with van der Waals surface area (Å²) in [7, 11) is 0. The van der Waals surface area contributed by atoms with Gasteiger partial charge in [0.2, 0.25) is 5.91 Å². The normalized spacial score (nSPS) is 14.7. The number of nitrogens with one attached hydrogen (secondary N) is 1. The van der Waals surface area contributed by atoms with Crippen LogP contribution in [-0.2, 0) is 4.79 Å². The Bertz CT molecular complexity index is 173. The average Bonchev–Trinajstić information content (AvgIpc) is 2.27. The van der Waals surface area contributed by atoms with E-state index >= 15 is 0 Å². The minimum Gasteiger partial charge on any atom is -0.356 e. The quantitative estimate of drug-likeness (QED) is 0.641. The molecule has 2 unspecified atom stereocenters. The van der Waals surface area contributed by atoms with E-state index in [-0.39, 0.29) is 11.8 Å². The molecule has 0 rings (SSSR count). The number of alkyl halides is 1. The Kier molecular flexibility index (Phi) is 8.88. The molecule has 0 saturated carbocycles. The van der Waals surface area contributed by atoms with E-state index in [2.05, 4.69) is 19.2 Å². The fourth-order valence-electron chi connectivity index (χ4n) is 1.43. The first-order valence-electron chi connectivity index (χ1n) is 5.99. The van der Waals surface area contributed by atoms with E-state index in [4.69, 9.17) is 11.6 Å². The number of carbonyl (C=O) groups excluding carboxylic acids is 1. The molecule has 2 atom stereocenters. The van der Waals surface area contributed by atoms with Gasteiger partial charge in [0, 0.05) is 18.3 Å². The Morgan fingerprint density at radius 2 is 2.07 bits per heavy atom. The molecule has 0 aliphatic heterocycles. The van der Waals surface area contributed by atoms with Crippen molar-refractivity contribution in [2.24, 2.45) is 11.8 Å². The van der Waals surface area contributed by atoms with Gasteiger partial charge in [-0.2, -0.15) is 0 Å². The summed E-state index contributed by atoms with van der Waals surface area (Å²) < 4.78 is 0. The summed E-state index contributed by atoms with van der Waals surface area (Å²) in [5, 5.41) is 2.97. The molecule has 15 heavy (non-hydrogen) atoms. The summed E-state index contributed by atoms with van der Waals surface area (Å²) in [5.74, 6) is 1.03. The van der Waals surface area contributed by atoms with Gasteiger partial charge in [-0.15, -0.1) is 11.6 Å². The lowest BCUT2D eigenvalue weighted by Gasteiger charge is -2.16. The molecule has 1 N–H and O–H groups in total. The van der Waals surface area contributed by atoms with Gasteiger partial charge >= 0.3 is 0 Å². The predicted octanol–water partition coefficient (Wildman–Crippen LogP) is 3.19. The van der Waals surface area contributed by atoms with Crippen LogP contribution in [0.15, 0.2) is 0 Å². The van der Waals surface area contributed by atoms with E-state index < -0.39 is 0 Å². The number of carbonyl (C=O) groups is 1. The van der Waals surface area contributed by atoms with Gasteiger partial charge in [-0.05, 0) is 12.3 Å². The molecule has 0 aromatic heterocycles. The van der Waals surface area contributed by atoms with Crippen LogP contribution in [0.3, 0.4) is 0 Å². The number of halogens is 1. The highest BCUT2D eigenvalue weighted by molar-refractivity contribution is 6.19. The maximum Gasteiger partial charge on any atom is 0.224 e. The fraction of sp³-hybridized carbons (Fsp3) is 0.917. The zero-order valence-electron chi connectivity index (χ0n) is 10.2. The van der Waals surface area contributed by atoms with Crippen LogP contribution >= 0.6 is 11.6 Å². The maximum absolute atomic E-state index is 11.5. The number of rotatable bonds is 8. The molecule has 0 spiro atoms. The van der Waals surface area contributed by atoms with E-state index in [1.807, 2.05) is 6.92 Å². The molecule has 0 bridgehead atoms. The zero-order chi connectivity index (χ0) is 11.7. The van der Waals surface area contributed by atoms with Crippen LogP contribution in [0.1, 0.15) is 46.5 Å². The van der Waals surface area contributed by atoms with Crippen LogP contribution in [0.25, 0.3) is 0 Å². The third-order valence-electron chi connectivity index (χ3n) is 2.79. The van der Waals surface area contributed by atoms with E-state index in [0.717, 1.165) is 13.0 Å². The first-order chi connectivity index (χ1) is 7.15. The third-order valence-corrected chi connectivity index (χ3v) is 3.25. The predicted molar refractivity (Wildman–Crippen MR) is 66.2 cm³/mol. The molecule has 0 aromatic rings. The molecular weight excluding hydrogens is 210 g/mol. The van der Waals surface area contributed by atoms with E-state index in [1.165, 1.54) is 19.3 Å². The molecule has 0 aliphatic carbocycles.